The van der Waals surface area contributed by atoms with Gasteiger partial charge < -0.3 is 15.8 Å². The molecule has 0 aliphatic rings. The molecule has 0 rings (SSSR count). The molecule has 90 valence electrons. The van der Waals surface area contributed by atoms with Gasteiger partial charge in [-0.1, -0.05) is 25.9 Å². The summed E-state index contributed by atoms with van der Waals surface area (Å²) in [6, 6.07) is 0.717. The quantitative estimate of drug-likeness (QED) is 0.326. The zero-order valence-corrected chi connectivity index (χ0v) is 10.8. The summed E-state index contributed by atoms with van der Waals surface area (Å²) in [6.07, 6.45) is 0.591. The van der Waals surface area contributed by atoms with E-state index in [-0.39, 0.29) is 17.3 Å². The molecule has 0 heterocycles. The summed E-state index contributed by atoms with van der Waals surface area (Å²) in [5.74, 6) is 0.287. The molecule has 0 amide bonds. The number of nitrogens with two attached hydrogens (primary N) is 1. The zero-order chi connectivity index (χ0) is 12.2. The maximum Gasteiger partial charge on any atom is 0.140 e. The van der Waals surface area contributed by atoms with Gasteiger partial charge in [0, 0.05) is 18.5 Å². The van der Waals surface area contributed by atoms with E-state index in [0.29, 0.717) is 12.5 Å². The van der Waals surface area contributed by atoms with E-state index in [2.05, 4.69) is 51.7 Å². The molecule has 3 N–H and O–H groups in total. The second-order valence-electron chi connectivity index (χ2n) is 5.35. The first-order valence-corrected chi connectivity index (χ1v) is 5.38. The molecule has 2 unspecified atom stereocenters. The van der Waals surface area contributed by atoms with Crippen LogP contribution in [-0.4, -0.2) is 35.1 Å². The highest BCUT2D eigenvalue weighted by Gasteiger charge is 2.26. The lowest BCUT2D eigenvalue weighted by atomic mass is 9.86. The molecule has 0 aliphatic carbocycles. The van der Waals surface area contributed by atoms with Crippen molar-refractivity contribution in [1.82, 2.24) is 4.90 Å². The van der Waals surface area contributed by atoms with Crippen LogP contribution in [0.2, 0.25) is 0 Å². The molecule has 0 saturated carbocycles. The smallest absolute Gasteiger partial charge is 0.140 e. The predicted octanol–water partition coefficient (Wildman–Crippen LogP) is 1.88. The minimum absolute atomic E-state index is 0.230. The van der Waals surface area contributed by atoms with Crippen molar-refractivity contribution in [3.05, 3.63) is 0 Å². The molecule has 0 aliphatic heterocycles. The van der Waals surface area contributed by atoms with E-state index in [1.54, 1.807) is 0 Å². The van der Waals surface area contributed by atoms with Crippen LogP contribution in [0.1, 0.15) is 41.0 Å². The van der Waals surface area contributed by atoms with E-state index in [0.717, 1.165) is 0 Å². The molecule has 15 heavy (non-hydrogen) atoms. The molecule has 4 heteroatoms. The van der Waals surface area contributed by atoms with Gasteiger partial charge in [-0.3, -0.25) is 0 Å². The van der Waals surface area contributed by atoms with Gasteiger partial charge in [0.15, 0.2) is 0 Å². The molecule has 0 aromatic carbocycles. The molecule has 0 aromatic rings. The van der Waals surface area contributed by atoms with Gasteiger partial charge in [-0.15, -0.1) is 0 Å². The van der Waals surface area contributed by atoms with Crippen LogP contribution in [0.4, 0.5) is 0 Å². The molecule has 0 bridgehead atoms. The second kappa shape index (κ2) is 5.35. The van der Waals surface area contributed by atoms with E-state index >= 15 is 0 Å². The van der Waals surface area contributed by atoms with E-state index < -0.39 is 0 Å². The molecule has 0 fully saturated rings. The summed E-state index contributed by atoms with van der Waals surface area (Å²) in [5, 5.41) is 11.5. The maximum absolute atomic E-state index is 8.51. The Balaban J connectivity index is 4.38. The van der Waals surface area contributed by atoms with Crippen molar-refractivity contribution in [3.63, 3.8) is 0 Å². The van der Waals surface area contributed by atoms with Crippen molar-refractivity contribution in [2.24, 2.45) is 16.3 Å². The summed E-state index contributed by atoms with van der Waals surface area (Å²) >= 11 is 0. The predicted molar refractivity (Wildman–Crippen MR) is 64.2 cm³/mol. The first-order valence-electron chi connectivity index (χ1n) is 5.38. The Bertz CT molecular complexity index is 220. The molecular weight excluding hydrogens is 190 g/mol. The fraction of sp³-hybridized carbons (Fsp3) is 0.909. The van der Waals surface area contributed by atoms with Crippen LogP contribution in [0.3, 0.4) is 0 Å². The Kier molecular flexibility index (Phi) is 5.08. The Hall–Kier alpha value is -0.770. The molecular formula is C11H25N3O. The van der Waals surface area contributed by atoms with Crippen molar-refractivity contribution < 1.29 is 5.21 Å². The summed E-state index contributed by atoms with van der Waals surface area (Å²) in [7, 11) is 2.07. The number of oxime groups is 1. The van der Waals surface area contributed by atoms with Gasteiger partial charge in [-0.05, 0) is 26.3 Å². The van der Waals surface area contributed by atoms with Crippen LogP contribution in [0, 0.1) is 5.41 Å². The Morgan fingerprint density at radius 3 is 2.20 bits per heavy atom. The third kappa shape index (κ3) is 4.51. The van der Waals surface area contributed by atoms with Gasteiger partial charge in [0.05, 0.1) is 0 Å². The Labute approximate surface area is 93.1 Å². The minimum atomic E-state index is 0.230. The lowest BCUT2D eigenvalue weighted by Gasteiger charge is -2.38. The van der Waals surface area contributed by atoms with Crippen LogP contribution in [0.15, 0.2) is 5.16 Å². The minimum Gasteiger partial charge on any atom is -0.409 e. The average molecular weight is 215 g/mol. The van der Waals surface area contributed by atoms with Crippen molar-refractivity contribution in [3.8, 4) is 0 Å². The van der Waals surface area contributed by atoms with Crippen LogP contribution >= 0.6 is 0 Å². The molecule has 0 radical (unpaired) electrons. The Morgan fingerprint density at radius 1 is 1.40 bits per heavy atom. The third-order valence-corrected chi connectivity index (χ3v) is 3.19. The number of amidine groups is 1. The van der Waals surface area contributed by atoms with E-state index in [9.17, 15) is 0 Å². The van der Waals surface area contributed by atoms with E-state index in [4.69, 9.17) is 10.9 Å². The van der Waals surface area contributed by atoms with Crippen molar-refractivity contribution in [2.45, 2.75) is 53.1 Å². The normalized spacial score (nSPS) is 17.9. The monoisotopic (exact) mass is 215 g/mol. The van der Waals surface area contributed by atoms with Crippen LogP contribution < -0.4 is 5.73 Å². The topological polar surface area (TPSA) is 61.9 Å². The third-order valence-electron chi connectivity index (χ3n) is 3.19. The first kappa shape index (κ1) is 14.2. The molecule has 0 saturated heterocycles. The van der Waals surface area contributed by atoms with Gasteiger partial charge >= 0.3 is 0 Å². The highest BCUT2D eigenvalue weighted by atomic mass is 16.4. The molecule has 0 aromatic heterocycles. The summed E-state index contributed by atoms with van der Waals surface area (Å²) in [5.41, 5.74) is 5.72. The molecule has 0 spiro atoms. The number of hydrogen-bond acceptors (Lipinski definition) is 3. The highest BCUT2D eigenvalue weighted by Crippen LogP contribution is 2.24. The van der Waals surface area contributed by atoms with Gasteiger partial charge in [0.25, 0.3) is 0 Å². The number of rotatable bonds is 4. The van der Waals surface area contributed by atoms with Crippen LogP contribution in [-0.2, 0) is 0 Å². The zero-order valence-electron chi connectivity index (χ0n) is 10.8. The summed E-state index contributed by atoms with van der Waals surface area (Å²) in [6.45, 7) is 10.9. The number of nitrogens with zero attached hydrogens (tertiary/aromatic N) is 2. The summed E-state index contributed by atoms with van der Waals surface area (Å²) < 4.78 is 0. The maximum atomic E-state index is 8.51. The van der Waals surface area contributed by atoms with Crippen LogP contribution in [0.5, 0.6) is 0 Å². The van der Waals surface area contributed by atoms with Gasteiger partial charge in [-0.25, -0.2) is 0 Å². The lowest BCUT2D eigenvalue weighted by Crippen LogP contribution is -2.45. The molecule has 4 nitrogen and oxygen atoms in total. The van der Waals surface area contributed by atoms with E-state index in [1.165, 1.54) is 0 Å². The SMILES string of the molecule is CC(CC(N)=NO)N(C)C(C)C(C)(C)C. The van der Waals surface area contributed by atoms with Crippen molar-refractivity contribution in [2.75, 3.05) is 7.05 Å². The first-order chi connectivity index (χ1) is 6.70. The second-order valence-corrected chi connectivity index (χ2v) is 5.35. The van der Waals surface area contributed by atoms with Crippen molar-refractivity contribution >= 4 is 5.84 Å². The largest absolute Gasteiger partial charge is 0.409 e. The van der Waals surface area contributed by atoms with Gasteiger partial charge in [-0.2, -0.15) is 0 Å². The number of hydrogen-bond donors (Lipinski definition) is 2. The van der Waals surface area contributed by atoms with Gasteiger partial charge in [0.2, 0.25) is 0 Å². The van der Waals surface area contributed by atoms with Crippen molar-refractivity contribution in [1.29, 1.82) is 0 Å². The lowest BCUT2D eigenvalue weighted by molar-refractivity contribution is 0.107. The standard InChI is InChI=1S/C11H25N3O/c1-8(7-10(12)13-15)14(6)9(2)11(3,4)5/h8-9,15H,7H2,1-6H3,(H2,12,13). The average Bonchev–Trinajstić information content (AvgIpc) is 2.13. The highest BCUT2D eigenvalue weighted by molar-refractivity contribution is 5.80. The fourth-order valence-corrected chi connectivity index (χ4v) is 1.48. The summed E-state index contributed by atoms with van der Waals surface area (Å²) in [4.78, 5) is 2.26. The van der Waals surface area contributed by atoms with E-state index in [1.807, 2.05) is 0 Å². The molecule has 2 atom stereocenters. The fourth-order valence-electron chi connectivity index (χ4n) is 1.48. The van der Waals surface area contributed by atoms with Crippen LogP contribution in [0.25, 0.3) is 0 Å². The van der Waals surface area contributed by atoms with Gasteiger partial charge in [0.1, 0.15) is 5.84 Å². The Morgan fingerprint density at radius 2 is 1.87 bits per heavy atom.